The average molecular weight is 298 g/mol. The van der Waals surface area contributed by atoms with E-state index in [0.717, 1.165) is 19.4 Å². The Hall–Kier alpha value is -1.14. The first-order chi connectivity index (χ1) is 9.88. The van der Waals surface area contributed by atoms with Crippen molar-refractivity contribution >= 4 is 11.9 Å². The van der Waals surface area contributed by atoms with Crippen molar-refractivity contribution < 1.29 is 19.4 Å². The molecule has 0 aromatic rings. The van der Waals surface area contributed by atoms with Crippen LogP contribution in [-0.4, -0.2) is 60.3 Å². The van der Waals surface area contributed by atoms with Gasteiger partial charge in [0, 0.05) is 6.54 Å². The van der Waals surface area contributed by atoms with E-state index in [0.29, 0.717) is 13.2 Å². The first-order valence-electron chi connectivity index (χ1n) is 7.73. The summed E-state index contributed by atoms with van der Waals surface area (Å²) in [5, 5.41) is 12.6. The summed E-state index contributed by atoms with van der Waals surface area (Å²) in [6, 6.07) is -0.610. The number of amides is 1. The number of nitrogens with one attached hydrogen (secondary N) is 1. The average Bonchev–Trinajstić information content (AvgIpc) is 2.88. The monoisotopic (exact) mass is 298 g/mol. The number of ether oxygens (including phenoxy) is 1. The molecule has 2 saturated heterocycles. The zero-order valence-corrected chi connectivity index (χ0v) is 13.1. The lowest BCUT2D eigenvalue weighted by Gasteiger charge is -2.42. The van der Waals surface area contributed by atoms with Crippen molar-refractivity contribution in [2.24, 2.45) is 11.3 Å². The van der Waals surface area contributed by atoms with Gasteiger partial charge in [-0.25, -0.2) is 0 Å². The quantitative estimate of drug-likeness (QED) is 0.799. The third kappa shape index (κ3) is 3.21. The molecule has 1 amide bonds. The molecule has 2 heterocycles. The topological polar surface area (TPSA) is 78.9 Å². The van der Waals surface area contributed by atoms with E-state index in [2.05, 4.69) is 19.2 Å². The molecule has 0 saturated carbocycles. The summed E-state index contributed by atoms with van der Waals surface area (Å²) in [7, 11) is 0. The van der Waals surface area contributed by atoms with Gasteiger partial charge in [0.1, 0.15) is 5.92 Å². The Morgan fingerprint density at radius 3 is 2.67 bits per heavy atom. The molecule has 0 spiro atoms. The summed E-state index contributed by atoms with van der Waals surface area (Å²) in [6.07, 6.45) is 2.06. The lowest BCUT2D eigenvalue weighted by atomic mass is 9.76. The molecule has 3 unspecified atom stereocenters. The van der Waals surface area contributed by atoms with Crippen LogP contribution >= 0.6 is 0 Å². The van der Waals surface area contributed by atoms with Crippen molar-refractivity contribution in [2.75, 3.05) is 26.3 Å². The van der Waals surface area contributed by atoms with Crippen LogP contribution in [-0.2, 0) is 14.3 Å². The minimum Gasteiger partial charge on any atom is -0.481 e. The molecule has 0 aromatic carbocycles. The Balaban J connectivity index is 2.16. The molecule has 21 heavy (non-hydrogen) atoms. The van der Waals surface area contributed by atoms with Gasteiger partial charge in [0.15, 0.2) is 0 Å². The van der Waals surface area contributed by atoms with Crippen LogP contribution in [0.3, 0.4) is 0 Å². The van der Waals surface area contributed by atoms with Crippen molar-refractivity contribution in [2.45, 2.75) is 45.7 Å². The molecule has 2 rings (SSSR count). The van der Waals surface area contributed by atoms with Gasteiger partial charge in [0.25, 0.3) is 0 Å². The number of piperidine rings is 1. The number of likely N-dealkylation sites (N-methyl/N-ethyl adjacent to an activating group) is 1. The van der Waals surface area contributed by atoms with Crippen LogP contribution in [0.5, 0.6) is 0 Å². The van der Waals surface area contributed by atoms with E-state index < -0.39 is 11.9 Å². The Morgan fingerprint density at radius 2 is 2.10 bits per heavy atom. The lowest BCUT2D eigenvalue weighted by Crippen LogP contribution is -2.59. The van der Waals surface area contributed by atoms with Crippen LogP contribution < -0.4 is 5.32 Å². The maximum absolute atomic E-state index is 12.9. The molecule has 2 fully saturated rings. The number of aliphatic carboxylic acids is 1. The van der Waals surface area contributed by atoms with Crippen molar-refractivity contribution in [3.63, 3.8) is 0 Å². The first kappa shape index (κ1) is 16.2. The molecular weight excluding hydrogens is 272 g/mol. The number of rotatable bonds is 4. The Kier molecular flexibility index (Phi) is 4.88. The third-order valence-corrected chi connectivity index (χ3v) is 4.77. The largest absolute Gasteiger partial charge is 0.481 e. The van der Waals surface area contributed by atoms with Gasteiger partial charge in [-0.1, -0.05) is 13.8 Å². The van der Waals surface area contributed by atoms with Crippen molar-refractivity contribution in [3.8, 4) is 0 Å². The Morgan fingerprint density at radius 1 is 1.38 bits per heavy atom. The molecule has 6 heteroatoms. The van der Waals surface area contributed by atoms with Crippen molar-refractivity contribution in [3.05, 3.63) is 0 Å². The highest BCUT2D eigenvalue weighted by molar-refractivity contribution is 5.84. The molecule has 0 radical (unpaired) electrons. The fourth-order valence-electron chi connectivity index (χ4n) is 3.44. The number of hydrogen-bond donors (Lipinski definition) is 2. The van der Waals surface area contributed by atoms with Crippen LogP contribution in [0, 0.1) is 11.3 Å². The number of carboxylic acid groups (broad SMARTS) is 1. The molecule has 6 nitrogen and oxygen atoms in total. The Labute approximate surface area is 125 Å². The van der Waals surface area contributed by atoms with E-state index in [1.807, 2.05) is 6.92 Å². The molecule has 3 atom stereocenters. The summed E-state index contributed by atoms with van der Waals surface area (Å²) in [5.41, 5.74) is -0.110. The predicted octanol–water partition coefficient (Wildman–Crippen LogP) is 0.713. The predicted molar refractivity (Wildman–Crippen MR) is 77.9 cm³/mol. The van der Waals surface area contributed by atoms with Crippen LogP contribution in [0.25, 0.3) is 0 Å². The lowest BCUT2D eigenvalue weighted by molar-refractivity contribution is -0.146. The van der Waals surface area contributed by atoms with Crippen molar-refractivity contribution in [1.29, 1.82) is 0 Å². The van der Waals surface area contributed by atoms with E-state index >= 15 is 0 Å². The molecule has 0 aromatic heterocycles. The fourth-order valence-corrected chi connectivity index (χ4v) is 3.44. The second-order valence-electron chi connectivity index (χ2n) is 6.65. The molecule has 2 N–H and O–H groups in total. The highest BCUT2D eigenvalue weighted by Gasteiger charge is 2.44. The van der Waals surface area contributed by atoms with Crippen LogP contribution in [0.1, 0.15) is 33.6 Å². The van der Waals surface area contributed by atoms with E-state index in [4.69, 9.17) is 4.74 Å². The molecule has 0 bridgehead atoms. The van der Waals surface area contributed by atoms with Gasteiger partial charge in [0.05, 0.1) is 25.3 Å². The SMILES string of the molecule is CCN(C(=O)C1NCCCC1(C)C)C1COCC1C(=O)O. The van der Waals surface area contributed by atoms with Gasteiger partial charge in [0.2, 0.25) is 5.91 Å². The maximum Gasteiger partial charge on any atom is 0.311 e. The van der Waals surface area contributed by atoms with Gasteiger partial charge < -0.3 is 20.1 Å². The zero-order valence-electron chi connectivity index (χ0n) is 13.1. The maximum atomic E-state index is 12.9. The normalized spacial score (nSPS) is 31.9. The van der Waals surface area contributed by atoms with Crippen LogP contribution in [0.15, 0.2) is 0 Å². The molecule has 2 aliphatic heterocycles. The van der Waals surface area contributed by atoms with E-state index in [-0.39, 0.29) is 30.0 Å². The molecular formula is C15H26N2O4. The molecule has 2 aliphatic rings. The second-order valence-corrected chi connectivity index (χ2v) is 6.65. The number of hydrogen-bond acceptors (Lipinski definition) is 4. The highest BCUT2D eigenvalue weighted by atomic mass is 16.5. The summed E-state index contributed by atoms with van der Waals surface area (Å²) in [6.45, 7) is 7.91. The summed E-state index contributed by atoms with van der Waals surface area (Å²) in [4.78, 5) is 25.9. The number of carbonyl (C=O) groups is 2. The zero-order chi connectivity index (χ0) is 15.6. The van der Waals surface area contributed by atoms with E-state index in [1.165, 1.54) is 0 Å². The van der Waals surface area contributed by atoms with E-state index in [1.54, 1.807) is 4.90 Å². The Bertz CT molecular complexity index is 410. The van der Waals surface area contributed by atoms with Gasteiger partial charge in [-0.3, -0.25) is 9.59 Å². The summed E-state index contributed by atoms with van der Waals surface area (Å²) >= 11 is 0. The summed E-state index contributed by atoms with van der Waals surface area (Å²) < 4.78 is 5.31. The minimum atomic E-state index is -0.889. The minimum absolute atomic E-state index is 0.00366. The molecule has 0 aliphatic carbocycles. The highest BCUT2D eigenvalue weighted by Crippen LogP contribution is 2.32. The molecule has 120 valence electrons. The fraction of sp³-hybridized carbons (Fsp3) is 0.867. The van der Waals surface area contributed by atoms with Crippen LogP contribution in [0.4, 0.5) is 0 Å². The van der Waals surface area contributed by atoms with Gasteiger partial charge in [-0.2, -0.15) is 0 Å². The standard InChI is InChI=1S/C15H26N2O4/c1-4-17(11-9-21-8-10(11)14(19)20)13(18)12-15(2,3)6-5-7-16-12/h10-12,16H,4-9H2,1-3H3,(H,19,20). The van der Waals surface area contributed by atoms with E-state index in [9.17, 15) is 14.7 Å². The van der Waals surface area contributed by atoms with Gasteiger partial charge >= 0.3 is 5.97 Å². The van der Waals surface area contributed by atoms with Crippen LogP contribution in [0.2, 0.25) is 0 Å². The summed E-state index contributed by atoms with van der Waals surface area (Å²) in [5.74, 6) is -1.51. The number of carbonyl (C=O) groups excluding carboxylic acids is 1. The third-order valence-electron chi connectivity index (χ3n) is 4.77. The number of carboxylic acids is 1. The number of nitrogens with zero attached hydrogens (tertiary/aromatic N) is 1. The van der Waals surface area contributed by atoms with Gasteiger partial charge in [-0.05, 0) is 31.7 Å². The first-order valence-corrected chi connectivity index (χ1v) is 7.73. The smallest absolute Gasteiger partial charge is 0.311 e. The van der Waals surface area contributed by atoms with Crippen molar-refractivity contribution in [1.82, 2.24) is 10.2 Å². The second kappa shape index (κ2) is 6.32. The van der Waals surface area contributed by atoms with Gasteiger partial charge in [-0.15, -0.1) is 0 Å².